The van der Waals surface area contributed by atoms with Crippen LogP contribution < -0.4 is 16.2 Å². The average Bonchev–Trinajstić information content (AvgIpc) is 3.45. The zero-order chi connectivity index (χ0) is 23.7. The molecule has 1 saturated carbocycles. The molecule has 3 heterocycles. The van der Waals surface area contributed by atoms with Gasteiger partial charge in [0.2, 0.25) is 0 Å². The van der Waals surface area contributed by atoms with Crippen LogP contribution in [0.25, 0.3) is 10.9 Å². The number of hydrogen-bond donors (Lipinski definition) is 5. The smallest absolute Gasteiger partial charge is 0.271 e. The summed E-state index contributed by atoms with van der Waals surface area (Å²) >= 11 is 1.30. The van der Waals surface area contributed by atoms with E-state index in [1.165, 1.54) is 24.6 Å². The molecule has 0 atom stereocenters. The maximum Gasteiger partial charge on any atom is 0.271 e. The monoisotopic (exact) mass is 479 g/mol. The largest absolute Gasteiger partial charge is 0.349 e. The number of likely N-dealkylation sites (N-methyl/N-ethyl adjacent to an activating group) is 1. The van der Waals surface area contributed by atoms with E-state index in [1.807, 2.05) is 37.2 Å². The molecular formula is C22H25N9O2S. The quantitative estimate of drug-likeness (QED) is 0.230. The Morgan fingerprint density at radius 2 is 2.00 bits per heavy atom. The highest BCUT2D eigenvalue weighted by Crippen LogP contribution is 2.39. The first-order valence-corrected chi connectivity index (χ1v) is 11.8. The van der Waals surface area contributed by atoms with Crippen molar-refractivity contribution in [1.29, 1.82) is 0 Å². The first kappa shape index (κ1) is 22.2. The van der Waals surface area contributed by atoms with Crippen molar-refractivity contribution in [1.82, 2.24) is 40.6 Å². The normalized spacial score (nSPS) is 13.5. The van der Waals surface area contributed by atoms with Crippen molar-refractivity contribution in [2.45, 2.75) is 28.8 Å². The topological polar surface area (TPSA) is 147 Å². The van der Waals surface area contributed by atoms with Crippen LogP contribution >= 0.6 is 11.8 Å². The molecule has 0 bridgehead atoms. The minimum atomic E-state index is -0.278. The first-order chi connectivity index (χ1) is 16.4. The van der Waals surface area contributed by atoms with Crippen LogP contribution in [0.3, 0.4) is 0 Å². The lowest BCUT2D eigenvalue weighted by Gasteiger charge is -2.11. The maximum absolute atomic E-state index is 12.8. The van der Waals surface area contributed by atoms with Gasteiger partial charge in [-0.15, -0.1) is 0 Å². The summed E-state index contributed by atoms with van der Waals surface area (Å²) in [6.45, 7) is 1.22. The summed E-state index contributed by atoms with van der Waals surface area (Å²) in [5, 5.41) is 19.9. The number of nitrogens with one attached hydrogen (secondary N) is 5. The Labute approximate surface area is 199 Å². The molecule has 11 nitrogen and oxygen atoms in total. The van der Waals surface area contributed by atoms with Crippen molar-refractivity contribution in [3.05, 3.63) is 52.1 Å². The number of aromatic amines is 3. The molecular weight excluding hydrogens is 454 g/mol. The minimum Gasteiger partial charge on any atom is -0.349 e. The fraction of sp³-hybridized carbons (Fsp3) is 0.318. The van der Waals surface area contributed by atoms with Gasteiger partial charge in [0.05, 0.1) is 10.9 Å². The molecule has 1 aliphatic carbocycles. The van der Waals surface area contributed by atoms with Crippen LogP contribution in [-0.2, 0) is 0 Å². The fourth-order valence-electron chi connectivity index (χ4n) is 3.46. The predicted octanol–water partition coefficient (Wildman–Crippen LogP) is 2.43. The van der Waals surface area contributed by atoms with Gasteiger partial charge in [0.1, 0.15) is 11.5 Å². The van der Waals surface area contributed by atoms with Crippen LogP contribution in [0, 0.1) is 0 Å². The van der Waals surface area contributed by atoms with Gasteiger partial charge in [-0.3, -0.25) is 24.9 Å². The molecule has 5 rings (SSSR count). The number of nitrogens with zero attached hydrogens (tertiary/aromatic N) is 4. The Hall–Kier alpha value is -3.64. The number of rotatable bonds is 9. The standard InChI is InChI=1S/C22H25N9O2S/c1-31(2)8-7-23-21(33)17-11-18(25-19-10-15(27-29-19)12-3-4-12)26-22(24-17)34-13-5-6-14-16(9-13)28-30-20(14)32/h5-6,9-12H,3-4,7-8H2,1-2H3,(H,23,33)(H2,28,30,32)(H2,24,25,26,27,29). The fourth-order valence-corrected chi connectivity index (χ4v) is 4.27. The van der Waals surface area contributed by atoms with E-state index in [0.29, 0.717) is 40.2 Å². The molecule has 1 aromatic carbocycles. The summed E-state index contributed by atoms with van der Waals surface area (Å²) in [5.41, 5.74) is 1.87. The van der Waals surface area contributed by atoms with Gasteiger partial charge in [-0.05, 0) is 56.9 Å². The lowest BCUT2D eigenvalue weighted by molar-refractivity contribution is 0.0945. The zero-order valence-electron chi connectivity index (χ0n) is 18.8. The lowest BCUT2D eigenvalue weighted by Crippen LogP contribution is -2.32. The van der Waals surface area contributed by atoms with E-state index < -0.39 is 0 Å². The summed E-state index contributed by atoms with van der Waals surface area (Å²) in [6.07, 6.45) is 2.34. The molecule has 1 amide bonds. The van der Waals surface area contributed by atoms with Crippen molar-refractivity contribution in [3.8, 4) is 0 Å². The van der Waals surface area contributed by atoms with Gasteiger partial charge in [-0.2, -0.15) is 5.10 Å². The highest BCUT2D eigenvalue weighted by Gasteiger charge is 2.25. The summed E-state index contributed by atoms with van der Waals surface area (Å²) in [4.78, 5) is 36.5. The van der Waals surface area contributed by atoms with E-state index in [2.05, 4.69) is 41.0 Å². The molecule has 0 unspecified atom stereocenters. The number of amides is 1. The maximum atomic E-state index is 12.8. The number of hydrogen-bond acceptors (Lipinski definition) is 8. The van der Waals surface area contributed by atoms with E-state index in [-0.39, 0.29) is 17.2 Å². The number of H-pyrrole nitrogens is 3. The number of aromatic nitrogens is 6. The van der Waals surface area contributed by atoms with Gasteiger partial charge in [-0.25, -0.2) is 9.97 Å². The second kappa shape index (κ2) is 9.31. The minimum absolute atomic E-state index is 0.171. The van der Waals surface area contributed by atoms with Gasteiger partial charge >= 0.3 is 0 Å². The lowest BCUT2D eigenvalue weighted by atomic mass is 10.2. The van der Waals surface area contributed by atoms with Crippen molar-refractivity contribution >= 4 is 40.2 Å². The van der Waals surface area contributed by atoms with Crippen molar-refractivity contribution in [2.75, 3.05) is 32.5 Å². The average molecular weight is 480 g/mol. The number of carbonyl (C=O) groups excluding carboxylic acids is 1. The molecule has 4 aromatic rings. The van der Waals surface area contributed by atoms with Crippen molar-refractivity contribution in [3.63, 3.8) is 0 Å². The summed E-state index contributed by atoms with van der Waals surface area (Å²) in [6, 6.07) is 9.00. The van der Waals surface area contributed by atoms with E-state index in [0.717, 1.165) is 17.1 Å². The Morgan fingerprint density at radius 3 is 2.79 bits per heavy atom. The summed E-state index contributed by atoms with van der Waals surface area (Å²) < 4.78 is 0. The van der Waals surface area contributed by atoms with E-state index in [9.17, 15) is 9.59 Å². The Kier molecular flexibility index (Phi) is 6.07. The van der Waals surface area contributed by atoms with Crippen LogP contribution in [0.4, 0.5) is 11.6 Å². The van der Waals surface area contributed by atoms with Gasteiger partial charge in [0.25, 0.3) is 11.5 Å². The number of carbonyl (C=O) groups is 1. The van der Waals surface area contributed by atoms with Gasteiger partial charge in [-0.1, -0.05) is 0 Å². The van der Waals surface area contributed by atoms with Gasteiger partial charge < -0.3 is 15.5 Å². The van der Waals surface area contributed by atoms with E-state index in [4.69, 9.17) is 0 Å². The third-order valence-electron chi connectivity index (χ3n) is 5.41. The van der Waals surface area contributed by atoms with E-state index in [1.54, 1.807) is 12.1 Å². The molecule has 1 aliphatic rings. The Balaban J connectivity index is 1.41. The van der Waals surface area contributed by atoms with Crippen molar-refractivity contribution in [2.24, 2.45) is 0 Å². The van der Waals surface area contributed by atoms with E-state index >= 15 is 0 Å². The third kappa shape index (κ3) is 5.13. The molecule has 5 N–H and O–H groups in total. The molecule has 0 spiro atoms. The molecule has 0 aliphatic heterocycles. The van der Waals surface area contributed by atoms with Crippen LogP contribution in [0.2, 0.25) is 0 Å². The Morgan fingerprint density at radius 1 is 1.15 bits per heavy atom. The summed E-state index contributed by atoms with van der Waals surface area (Å²) in [7, 11) is 3.89. The first-order valence-electron chi connectivity index (χ1n) is 11.0. The third-order valence-corrected chi connectivity index (χ3v) is 6.26. The predicted molar refractivity (Wildman–Crippen MR) is 130 cm³/mol. The number of benzene rings is 1. The van der Waals surface area contributed by atoms with Crippen molar-refractivity contribution < 1.29 is 4.79 Å². The van der Waals surface area contributed by atoms with Crippen LogP contribution in [0.1, 0.15) is 34.9 Å². The van der Waals surface area contributed by atoms with Crippen LogP contribution in [0.15, 0.2) is 45.2 Å². The SMILES string of the molecule is CN(C)CCNC(=O)c1cc(Nc2cc(C3CC3)[nH]n2)nc(Sc2ccc3c(=O)[nH][nH]c3c2)n1. The van der Waals surface area contributed by atoms with Gasteiger partial charge in [0.15, 0.2) is 11.0 Å². The van der Waals surface area contributed by atoms with Crippen LogP contribution in [-0.4, -0.2) is 68.4 Å². The molecule has 12 heteroatoms. The Bertz CT molecular complexity index is 1390. The highest BCUT2D eigenvalue weighted by molar-refractivity contribution is 7.99. The molecule has 34 heavy (non-hydrogen) atoms. The number of fused-ring (bicyclic) bond motifs is 1. The second-order valence-corrected chi connectivity index (χ2v) is 9.52. The van der Waals surface area contributed by atoms with Gasteiger partial charge in [0, 0.05) is 41.7 Å². The molecule has 1 fully saturated rings. The zero-order valence-corrected chi connectivity index (χ0v) is 19.6. The second-order valence-electron chi connectivity index (χ2n) is 8.48. The summed E-state index contributed by atoms with van der Waals surface area (Å²) in [5.74, 6) is 1.38. The molecule has 0 saturated heterocycles. The number of anilines is 2. The molecule has 3 aromatic heterocycles. The highest BCUT2D eigenvalue weighted by atomic mass is 32.2. The van der Waals surface area contributed by atoms with Crippen LogP contribution in [0.5, 0.6) is 0 Å². The molecule has 0 radical (unpaired) electrons. The molecule has 176 valence electrons.